The van der Waals surface area contributed by atoms with Gasteiger partial charge in [-0.2, -0.15) is 5.26 Å². The maximum absolute atomic E-state index is 12.5. The number of nitriles is 1. The highest BCUT2D eigenvalue weighted by atomic mass is 79.9. The van der Waals surface area contributed by atoms with Crippen molar-refractivity contribution in [1.29, 1.82) is 5.26 Å². The average molecular weight is 452 g/mol. The number of halogens is 1. The summed E-state index contributed by atoms with van der Waals surface area (Å²) in [4.78, 5) is 22.9. The number of hydrogen-bond acceptors (Lipinski definition) is 5. The summed E-state index contributed by atoms with van der Waals surface area (Å²) in [7, 11) is 0. The Hall–Kier alpha value is -3.70. The highest BCUT2D eigenvalue weighted by Crippen LogP contribution is 2.26. The van der Waals surface area contributed by atoms with Crippen molar-refractivity contribution in [1.82, 2.24) is 0 Å². The summed E-state index contributed by atoms with van der Waals surface area (Å²) in [6.07, 6.45) is 1.32. The number of benzene rings is 2. The lowest BCUT2D eigenvalue weighted by Gasteiger charge is -2.07. The van der Waals surface area contributed by atoms with Crippen molar-refractivity contribution in [3.05, 3.63) is 86.1 Å². The van der Waals surface area contributed by atoms with Crippen LogP contribution in [0.25, 0.3) is 17.4 Å². The highest BCUT2D eigenvalue weighted by Gasteiger charge is 2.15. The lowest BCUT2D eigenvalue weighted by Crippen LogP contribution is -2.14. The number of non-ortho nitro benzene ring substituents is 1. The molecule has 1 amide bonds. The molecule has 0 saturated carbocycles. The molecule has 0 fully saturated rings. The summed E-state index contributed by atoms with van der Waals surface area (Å²) < 4.78 is 6.64. The molecule has 0 aliphatic heterocycles. The van der Waals surface area contributed by atoms with Crippen molar-refractivity contribution in [3.8, 4) is 17.4 Å². The van der Waals surface area contributed by atoms with E-state index in [1.54, 1.807) is 19.1 Å². The van der Waals surface area contributed by atoms with Gasteiger partial charge in [0.2, 0.25) is 0 Å². The van der Waals surface area contributed by atoms with Crippen LogP contribution in [0.3, 0.4) is 0 Å². The predicted octanol–water partition coefficient (Wildman–Crippen LogP) is 5.47. The van der Waals surface area contributed by atoms with E-state index < -0.39 is 10.8 Å². The molecule has 3 rings (SSSR count). The molecule has 0 spiro atoms. The molecule has 29 heavy (non-hydrogen) atoms. The molecule has 1 heterocycles. The zero-order chi connectivity index (χ0) is 21.0. The van der Waals surface area contributed by atoms with Gasteiger partial charge in [0.15, 0.2) is 0 Å². The van der Waals surface area contributed by atoms with Crippen LogP contribution in [0.2, 0.25) is 0 Å². The van der Waals surface area contributed by atoms with Gasteiger partial charge in [0.1, 0.15) is 23.2 Å². The van der Waals surface area contributed by atoms with E-state index in [1.807, 2.05) is 30.3 Å². The topological polar surface area (TPSA) is 109 Å². The van der Waals surface area contributed by atoms with Crippen LogP contribution in [0.4, 0.5) is 11.4 Å². The quantitative estimate of drug-likeness (QED) is 0.239. The number of nitrogens with zero attached hydrogens (tertiary/aromatic N) is 2. The van der Waals surface area contributed by atoms with Gasteiger partial charge in [-0.3, -0.25) is 14.9 Å². The molecule has 0 saturated heterocycles. The number of anilines is 1. The Morgan fingerprint density at radius 2 is 1.93 bits per heavy atom. The highest BCUT2D eigenvalue weighted by molar-refractivity contribution is 9.10. The minimum absolute atomic E-state index is 0.154. The number of carbonyl (C=O) groups excluding carboxylic acids is 1. The lowest BCUT2D eigenvalue weighted by atomic mass is 10.1. The Labute approximate surface area is 174 Å². The largest absolute Gasteiger partial charge is 0.457 e. The molecular formula is C21H14BrN3O4. The number of furan rings is 1. The van der Waals surface area contributed by atoms with Crippen LogP contribution in [0, 0.1) is 28.4 Å². The first kappa shape index (κ1) is 20.0. The number of nitrogens with one attached hydrogen (secondary N) is 1. The van der Waals surface area contributed by atoms with E-state index >= 15 is 0 Å². The summed E-state index contributed by atoms with van der Waals surface area (Å²) in [5.41, 5.74) is 1.41. The number of hydrogen-bond donors (Lipinski definition) is 1. The van der Waals surface area contributed by atoms with Crippen LogP contribution < -0.4 is 5.32 Å². The van der Waals surface area contributed by atoms with Gasteiger partial charge in [0.05, 0.1) is 10.6 Å². The maximum atomic E-state index is 12.5. The normalized spacial score (nSPS) is 11.0. The lowest BCUT2D eigenvalue weighted by molar-refractivity contribution is -0.384. The van der Waals surface area contributed by atoms with E-state index in [1.165, 1.54) is 24.3 Å². The molecule has 0 aliphatic carbocycles. The molecule has 0 atom stereocenters. The van der Waals surface area contributed by atoms with E-state index in [0.29, 0.717) is 17.1 Å². The molecule has 0 bridgehead atoms. The number of aryl methyl sites for hydroxylation is 1. The molecule has 0 aliphatic rings. The molecule has 1 aromatic heterocycles. The SMILES string of the molecule is Cc1ccc([N+](=O)[O-])cc1NC(=O)C(C#N)=Cc1ccc(-c2ccc(Br)cc2)o1. The summed E-state index contributed by atoms with van der Waals surface area (Å²) in [6, 6.07) is 16.9. The second-order valence-electron chi connectivity index (χ2n) is 6.09. The van der Waals surface area contributed by atoms with Crippen molar-refractivity contribution in [2.24, 2.45) is 0 Å². The van der Waals surface area contributed by atoms with Gasteiger partial charge in [-0.1, -0.05) is 34.1 Å². The van der Waals surface area contributed by atoms with Gasteiger partial charge < -0.3 is 9.73 Å². The van der Waals surface area contributed by atoms with Crippen LogP contribution >= 0.6 is 15.9 Å². The van der Waals surface area contributed by atoms with E-state index in [9.17, 15) is 20.2 Å². The Balaban J connectivity index is 1.83. The first-order valence-electron chi connectivity index (χ1n) is 8.41. The number of carbonyl (C=O) groups is 1. The van der Waals surface area contributed by atoms with Gasteiger partial charge in [-0.05, 0) is 36.8 Å². The standard InChI is InChI=1S/C21H14BrN3O4/c1-13-2-7-17(25(27)28)11-19(13)24-21(26)15(12-23)10-18-8-9-20(29-18)14-3-5-16(22)6-4-14/h2-11H,1H3,(H,24,26). The third kappa shape index (κ3) is 4.78. The fraction of sp³-hybridized carbons (Fsp3) is 0.0476. The fourth-order valence-corrected chi connectivity index (χ4v) is 2.80. The van der Waals surface area contributed by atoms with Crippen molar-refractivity contribution in [3.63, 3.8) is 0 Å². The number of amides is 1. The molecule has 1 N–H and O–H groups in total. The number of rotatable bonds is 5. The Morgan fingerprint density at radius 1 is 1.21 bits per heavy atom. The minimum atomic E-state index is -0.683. The van der Waals surface area contributed by atoms with Crippen LogP contribution in [0.1, 0.15) is 11.3 Å². The number of nitro benzene ring substituents is 1. The van der Waals surface area contributed by atoms with Crippen LogP contribution in [-0.4, -0.2) is 10.8 Å². The zero-order valence-electron chi connectivity index (χ0n) is 15.2. The first-order chi connectivity index (χ1) is 13.9. The van der Waals surface area contributed by atoms with Crippen LogP contribution in [0.15, 0.2) is 69.1 Å². The number of nitro groups is 1. The van der Waals surface area contributed by atoms with Crippen LogP contribution in [-0.2, 0) is 4.79 Å². The average Bonchev–Trinajstić information content (AvgIpc) is 3.16. The van der Waals surface area contributed by atoms with Gasteiger partial charge in [0.25, 0.3) is 11.6 Å². The molecule has 7 nitrogen and oxygen atoms in total. The molecule has 0 radical (unpaired) electrons. The van der Waals surface area contributed by atoms with E-state index in [0.717, 1.165) is 10.0 Å². The first-order valence-corrected chi connectivity index (χ1v) is 9.20. The fourth-order valence-electron chi connectivity index (χ4n) is 2.54. The molecule has 144 valence electrons. The zero-order valence-corrected chi connectivity index (χ0v) is 16.8. The van der Waals surface area contributed by atoms with Gasteiger partial charge in [-0.15, -0.1) is 0 Å². The van der Waals surface area contributed by atoms with Gasteiger partial charge >= 0.3 is 0 Å². The van der Waals surface area contributed by atoms with E-state index in [-0.39, 0.29) is 16.9 Å². The molecule has 8 heteroatoms. The third-order valence-electron chi connectivity index (χ3n) is 4.09. The van der Waals surface area contributed by atoms with Crippen LogP contribution in [0.5, 0.6) is 0 Å². The van der Waals surface area contributed by atoms with Crippen molar-refractivity contribution < 1.29 is 14.1 Å². The molecule has 0 unspecified atom stereocenters. The Kier molecular flexibility index (Phi) is 5.90. The third-order valence-corrected chi connectivity index (χ3v) is 4.62. The second kappa shape index (κ2) is 8.54. The summed E-state index contributed by atoms with van der Waals surface area (Å²) in [5, 5.41) is 22.8. The summed E-state index contributed by atoms with van der Waals surface area (Å²) in [5.74, 6) is 0.249. The molecule has 2 aromatic carbocycles. The predicted molar refractivity (Wildman–Crippen MR) is 112 cm³/mol. The van der Waals surface area contributed by atoms with Crippen molar-refractivity contribution in [2.75, 3.05) is 5.32 Å². The smallest absolute Gasteiger partial charge is 0.271 e. The van der Waals surface area contributed by atoms with Gasteiger partial charge in [-0.25, -0.2) is 0 Å². The van der Waals surface area contributed by atoms with Gasteiger partial charge in [0, 0.05) is 28.2 Å². The Morgan fingerprint density at radius 3 is 2.59 bits per heavy atom. The van der Waals surface area contributed by atoms with Crippen molar-refractivity contribution in [2.45, 2.75) is 6.92 Å². The summed E-state index contributed by atoms with van der Waals surface area (Å²) >= 11 is 3.37. The second-order valence-corrected chi connectivity index (χ2v) is 7.00. The van der Waals surface area contributed by atoms with E-state index in [2.05, 4.69) is 21.2 Å². The van der Waals surface area contributed by atoms with E-state index in [4.69, 9.17) is 4.42 Å². The molecule has 3 aromatic rings. The van der Waals surface area contributed by atoms with Crippen molar-refractivity contribution >= 4 is 39.3 Å². The molecular weight excluding hydrogens is 438 g/mol. The summed E-state index contributed by atoms with van der Waals surface area (Å²) in [6.45, 7) is 1.70. The Bertz CT molecular complexity index is 1160. The minimum Gasteiger partial charge on any atom is -0.457 e. The monoisotopic (exact) mass is 451 g/mol. The maximum Gasteiger partial charge on any atom is 0.271 e.